The molecule has 1 heterocycles. The molecule has 120 valence electrons. The molecule has 6 heteroatoms. The van der Waals surface area contributed by atoms with Crippen molar-refractivity contribution in [3.8, 4) is 5.75 Å². The summed E-state index contributed by atoms with van der Waals surface area (Å²) in [6.07, 6.45) is -4.79. The quantitative estimate of drug-likeness (QED) is 0.849. The second kappa shape index (κ2) is 6.30. The van der Waals surface area contributed by atoms with Gasteiger partial charge < -0.3 is 10.5 Å². The minimum absolute atomic E-state index is 0.190. The summed E-state index contributed by atoms with van der Waals surface area (Å²) in [6, 6.07) is 8.71. The van der Waals surface area contributed by atoms with Gasteiger partial charge in [0.25, 0.3) is 0 Å². The van der Waals surface area contributed by atoms with Gasteiger partial charge in [-0.05, 0) is 29.6 Å². The van der Waals surface area contributed by atoms with Crippen molar-refractivity contribution in [2.24, 2.45) is 11.1 Å². The van der Waals surface area contributed by atoms with Crippen LogP contribution in [0.25, 0.3) is 0 Å². The van der Waals surface area contributed by atoms with Crippen molar-refractivity contribution >= 4 is 11.3 Å². The summed E-state index contributed by atoms with van der Waals surface area (Å²) >= 11 is 1.50. The van der Waals surface area contributed by atoms with Gasteiger partial charge in [-0.15, -0.1) is 11.3 Å². The molecule has 0 spiro atoms. The van der Waals surface area contributed by atoms with Crippen LogP contribution in [0.3, 0.4) is 0 Å². The predicted molar refractivity (Wildman–Crippen MR) is 82.0 cm³/mol. The summed E-state index contributed by atoms with van der Waals surface area (Å²) in [5, 5.41) is 1.91. The molecular formula is C16H18F3NOS. The van der Waals surface area contributed by atoms with Gasteiger partial charge in [-0.1, -0.05) is 26.0 Å². The van der Waals surface area contributed by atoms with Crippen molar-refractivity contribution < 1.29 is 17.9 Å². The molecular weight excluding hydrogens is 311 g/mol. The molecule has 0 saturated carbocycles. The third kappa shape index (κ3) is 3.81. The smallest absolute Gasteiger partial charge is 0.416 e. The highest BCUT2D eigenvalue weighted by Gasteiger charge is 2.34. The van der Waals surface area contributed by atoms with E-state index in [1.165, 1.54) is 23.5 Å². The van der Waals surface area contributed by atoms with Crippen LogP contribution in [0, 0.1) is 5.41 Å². The Morgan fingerprint density at radius 3 is 2.45 bits per heavy atom. The van der Waals surface area contributed by atoms with E-state index in [-0.39, 0.29) is 5.75 Å². The summed E-state index contributed by atoms with van der Waals surface area (Å²) in [4.78, 5) is 0.938. The molecule has 0 aliphatic rings. The summed E-state index contributed by atoms with van der Waals surface area (Å²) in [7, 11) is 0. The van der Waals surface area contributed by atoms with Gasteiger partial charge in [0.2, 0.25) is 0 Å². The number of ether oxygens (including phenoxy) is 1. The Labute approximate surface area is 131 Å². The van der Waals surface area contributed by atoms with Crippen LogP contribution in [0.5, 0.6) is 5.75 Å². The monoisotopic (exact) mass is 329 g/mol. The van der Waals surface area contributed by atoms with E-state index in [9.17, 15) is 13.2 Å². The topological polar surface area (TPSA) is 35.2 Å². The van der Waals surface area contributed by atoms with Crippen LogP contribution in [-0.4, -0.2) is 6.54 Å². The average Bonchev–Trinajstić information content (AvgIpc) is 2.98. The molecule has 2 nitrogen and oxygen atoms in total. The number of nitrogens with two attached hydrogens (primary N) is 1. The van der Waals surface area contributed by atoms with Crippen LogP contribution < -0.4 is 10.5 Å². The maximum absolute atomic E-state index is 12.8. The molecule has 1 aromatic carbocycles. The third-order valence-electron chi connectivity index (χ3n) is 3.45. The van der Waals surface area contributed by atoms with Gasteiger partial charge in [-0.2, -0.15) is 13.2 Å². The number of alkyl halides is 3. The Morgan fingerprint density at radius 2 is 1.91 bits per heavy atom. The number of rotatable bonds is 5. The van der Waals surface area contributed by atoms with Gasteiger partial charge in [0.1, 0.15) is 11.9 Å². The second-order valence-electron chi connectivity index (χ2n) is 5.73. The minimum atomic E-state index is -4.39. The molecule has 1 aromatic heterocycles. The van der Waals surface area contributed by atoms with Crippen molar-refractivity contribution in [2.45, 2.75) is 26.1 Å². The Kier molecular flexibility index (Phi) is 4.82. The molecule has 2 rings (SSSR count). The Balaban J connectivity index is 2.32. The lowest BCUT2D eigenvalue weighted by Crippen LogP contribution is -2.33. The molecule has 0 saturated heterocycles. The maximum Gasteiger partial charge on any atom is 0.416 e. The number of benzene rings is 1. The van der Waals surface area contributed by atoms with E-state index in [1.54, 1.807) is 0 Å². The molecule has 2 aromatic rings. The zero-order valence-corrected chi connectivity index (χ0v) is 13.2. The van der Waals surface area contributed by atoms with Crippen LogP contribution >= 0.6 is 11.3 Å². The van der Waals surface area contributed by atoms with Crippen molar-refractivity contribution in [2.75, 3.05) is 6.54 Å². The summed E-state index contributed by atoms with van der Waals surface area (Å²) in [5.41, 5.74) is 4.69. The molecule has 0 fully saturated rings. The number of hydrogen-bond acceptors (Lipinski definition) is 3. The second-order valence-corrected chi connectivity index (χ2v) is 6.71. The normalized spacial score (nSPS) is 13.9. The molecule has 2 N–H and O–H groups in total. The number of halogens is 3. The molecule has 1 unspecified atom stereocenters. The van der Waals surface area contributed by atoms with Crippen LogP contribution in [0.15, 0.2) is 41.8 Å². The molecule has 1 atom stereocenters. The van der Waals surface area contributed by atoms with E-state index in [0.717, 1.165) is 17.0 Å². The standard InChI is InChI=1S/C16H18F3NOS/c1-15(2,10-20)14(13-7-4-8-22-13)21-12-6-3-5-11(9-12)16(17,18)19/h3-9,14H,10,20H2,1-2H3. The van der Waals surface area contributed by atoms with E-state index in [4.69, 9.17) is 10.5 Å². The van der Waals surface area contributed by atoms with Gasteiger partial charge in [0.05, 0.1) is 5.56 Å². The molecule has 0 aliphatic heterocycles. The van der Waals surface area contributed by atoms with Crippen LogP contribution in [0.1, 0.15) is 30.4 Å². The summed E-state index contributed by atoms with van der Waals surface area (Å²) in [6.45, 7) is 4.23. The zero-order valence-electron chi connectivity index (χ0n) is 12.4. The highest BCUT2D eigenvalue weighted by atomic mass is 32.1. The van der Waals surface area contributed by atoms with E-state index in [2.05, 4.69) is 0 Å². The van der Waals surface area contributed by atoms with Crippen LogP contribution in [0.2, 0.25) is 0 Å². The third-order valence-corrected chi connectivity index (χ3v) is 4.37. The average molecular weight is 329 g/mol. The Morgan fingerprint density at radius 1 is 1.18 bits per heavy atom. The maximum atomic E-state index is 12.8. The SMILES string of the molecule is CC(C)(CN)C(Oc1cccc(C(F)(F)F)c1)c1cccs1. The first kappa shape index (κ1) is 16.8. The first-order chi connectivity index (χ1) is 10.2. The van der Waals surface area contributed by atoms with Crippen molar-refractivity contribution in [3.63, 3.8) is 0 Å². The highest BCUT2D eigenvalue weighted by Crippen LogP contribution is 2.40. The van der Waals surface area contributed by atoms with Crippen molar-refractivity contribution in [1.82, 2.24) is 0 Å². The molecule has 0 amide bonds. The van der Waals surface area contributed by atoms with E-state index in [1.807, 2.05) is 31.4 Å². The summed E-state index contributed by atoms with van der Waals surface area (Å²) in [5.74, 6) is 0.190. The van der Waals surface area contributed by atoms with Crippen LogP contribution in [0.4, 0.5) is 13.2 Å². The van der Waals surface area contributed by atoms with Crippen molar-refractivity contribution in [1.29, 1.82) is 0 Å². The fraction of sp³-hybridized carbons (Fsp3) is 0.375. The van der Waals surface area contributed by atoms with Gasteiger partial charge >= 0.3 is 6.18 Å². The zero-order chi connectivity index (χ0) is 16.4. The lowest BCUT2D eigenvalue weighted by Gasteiger charge is -2.33. The minimum Gasteiger partial charge on any atom is -0.484 e. The lowest BCUT2D eigenvalue weighted by molar-refractivity contribution is -0.137. The Hall–Kier alpha value is -1.53. The first-order valence-electron chi connectivity index (χ1n) is 6.81. The first-order valence-corrected chi connectivity index (χ1v) is 7.69. The van der Waals surface area contributed by atoms with Gasteiger partial charge in [-0.25, -0.2) is 0 Å². The molecule has 0 bridgehead atoms. The molecule has 0 radical (unpaired) electrons. The van der Waals surface area contributed by atoms with E-state index < -0.39 is 23.3 Å². The predicted octanol–water partition coefficient (Wildman–Crippen LogP) is 4.87. The van der Waals surface area contributed by atoms with Crippen molar-refractivity contribution in [3.05, 3.63) is 52.2 Å². The number of hydrogen-bond donors (Lipinski definition) is 1. The van der Waals surface area contributed by atoms with Crippen LogP contribution in [-0.2, 0) is 6.18 Å². The molecule has 22 heavy (non-hydrogen) atoms. The van der Waals surface area contributed by atoms with Gasteiger partial charge in [0.15, 0.2) is 0 Å². The fourth-order valence-electron chi connectivity index (χ4n) is 2.03. The lowest BCUT2D eigenvalue weighted by atomic mass is 9.85. The van der Waals surface area contributed by atoms with Gasteiger partial charge in [0, 0.05) is 16.8 Å². The van der Waals surface area contributed by atoms with E-state index in [0.29, 0.717) is 6.54 Å². The van der Waals surface area contributed by atoms with Gasteiger partial charge in [-0.3, -0.25) is 0 Å². The molecule has 0 aliphatic carbocycles. The summed E-state index contributed by atoms with van der Waals surface area (Å²) < 4.78 is 44.3. The van der Waals surface area contributed by atoms with E-state index >= 15 is 0 Å². The Bertz CT molecular complexity index is 608. The highest BCUT2D eigenvalue weighted by molar-refractivity contribution is 7.10. The fourth-order valence-corrected chi connectivity index (χ4v) is 2.99. The number of thiophene rings is 1. The largest absolute Gasteiger partial charge is 0.484 e.